The topological polar surface area (TPSA) is 46.9 Å². The number of para-hydroxylation sites is 2. The first-order chi connectivity index (χ1) is 13.6. The predicted molar refractivity (Wildman–Crippen MR) is 113 cm³/mol. The van der Waals surface area contributed by atoms with E-state index in [9.17, 15) is 4.79 Å². The summed E-state index contributed by atoms with van der Waals surface area (Å²) < 4.78 is 2.14. The van der Waals surface area contributed by atoms with E-state index in [0.717, 1.165) is 28.0 Å². The van der Waals surface area contributed by atoms with Crippen molar-refractivity contribution < 1.29 is 4.79 Å². The monoisotopic (exact) mass is 389 g/mol. The number of rotatable bonds is 5. The number of nitrogens with zero attached hydrogens (tertiary/aromatic N) is 2. The molecule has 28 heavy (non-hydrogen) atoms. The summed E-state index contributed by atoms with van der Waals surface area (Å²) in [7, 11) is 0. The Balaban J connectivity index is 1.62. The molecule has 0 radical (unpaired) electrons. The van der Waals surface area contributed by atoms with Gasteiger partial charge in [-0.1, -0.05) is 54.1 Å². The van der Waals surface area contributed by atoms with Gasteiger partial charge in [0.15, 0.2) is 0 Å². The van der Waals surface area contributed by atoms with Gasteiger partial charge in [0.1, 0.15) is 5.82 Å². The molecule has 1 N–H and O–H groups in total. The van der Waals surface area contributed by atoms with Crippen molar-refractivity contribution in [2.75, 3.05) is 0 Å². The van der Waals surface area contributed by atoms with Gasteiger partial charge in [0.2, 0.25) is 0 Å². The Kier molecular flexibility index (Phi) is 5.13. The molecule has 1 amide bonds. The lowest BCUT2D eigenvalue weighted by molar-refractivity contribution is 0.0949. The van der Waals surface area contributed by atoms with Crippen LogP contribution in [0.3, 0.4) is 0 Å². The molecule has 1 aromatic heterocycles. The molecule has 0 aliphatic heterocycles. The lowest BCUT2D eigenvalue weighted by Crippen LogP contribution is -2.25. The molecule has 0 bridgehead atoms. The van der Waals surface area contributed by atoms with Gasteiger partial charge in [-0.25, -0.2) is 4.98 Å². The minimum atomic E-state index is -0.0943. The number of halogens is 1. The van der Waals surface area contributed by atoms with Crippen LogP contribution in [-0.2, 0) is 13.1 Å². The highest BCUT2D eigenvalue weighted by Crippen LogP contribution is 2.19. The molecule has 0 saturated heterocycles. The van der Waals surface area contributed by atoms with Crippen LogP contribution in [0.1, 0.15) is 27.3 Å². The summed E-state index contributed by atoms with van der Waals surface area (Å²) >= 11 is 6.01. The molecule has 140 valence electrons. The first-order valence-corrected chi connectivity index (χ1v) is 9.52. The van der Waals surface area contributed by atoms with Gasteiger partial charge in [0, 0.05) is 17.1 Å². The second-order valence-electron chi connectivity index (χ2n) is 6.73. The fourth-order valence-corrected chi connectivity index (χ4v) is 3.42. The van der Waals surface area contributed by atoms with E-state index >= 15 is 0 Å². The van der Waals surface area contributed by atoms with E-state index in [0.29, 0.717) is 23.7 Å². The van der Waals surface area contributed by atoms with Gasteiger partial charge in [-0.05, 0) is 48.4 Å². The Labute approximate surface area is 168 Å². The summed E-state index contributed by atoms with van der Waals surface area (Å²) in [6.07, 6.45) is 0. The van der Waals surface area contributed by atoms with E-state index in [1.165, 1.54) is 0 Å². The number of aromatic nitrogens is 2. The van der Waals surface area contributed by atoms with Gasteiger partial charge in [0.05, 0.1) is 17.6 Å². The lowest BCUT2D eigenvalue weighted by atomic mass is 10.1. The number of hydrogen-bond acceptors (Lipinski definition) is 2. The molecule has 0 atom stereocenters. The minimum absolute atomic E-state index is 0.0943. The molecule has 4 aromatic rings. The zero-order valence-electron chi connectivity index (χ0n) is 15.5. The molecule has 1 heterocycles. The lowest BCUT2D eigenvalue weighted by Gasteiger charge is -2.11. The van der Waals surface area contributed by atoms with Crippen LogP contribution in [0.15, 0.2) is 72.8 Å². The third-order valence-electron chi connectivity index (χ3n) is 4.78. The van der Waals surface area contributed by atoms with Gasteiger partial charge in [-0.15, -0.1) is 0 Å². The van der Waals surface area contributed by atoms with Gasteiger partial charge < -0.3 is 9.88 Å². The Hall–Kier alpha value is -3.11. The van der Waals surface area contributed by atoms with Crippen LogP contribution in [0.5, 0.6) is 0 Å². The molecule has 0 spiro atoms. The van der Waals surface area contributed by atoms with E-state index in [4.69, 9.17) is 16.6 Å². The summed E-state index contributed by atoms with van der Waals surface area (Å²) in [5.41, 5.74) is 4.71. The van der Waals surface area contributed by atoms with E-state index < -0.39 is 0 Å². The van der Waals surface area contributed by atoms with Crippen molar-refractivity contribution in [2.24, 2.45) is 0 Å². The normalized spacial score (nSPS) is 10.9. The van der Waals surface area contributed by atoms with Crippen molar-refractivity contribution in [1.82, 2.24) is 14.9 Å². The van der Waals surface area contributed by atoms with Crippen molar-refractivity contribution >= 4 is 28.5 Å². The smallest absolute Gasteiger partial charge is 0.251 e. The molecule has 3 aromatic carbocycles. The van der Waals surface area contributed by atoms with E-state index in [2.05, 4.69) is 9.88 Å². The molecular weight excluding hydrogens is 370 g/mol. The molecule has 5 heteroatoms. The van der Waals surface area contributed by atoms with Crippen molar-refractivity contribution in [3.63, 3.8) is 0 Å². The average molecular weight is 390 g/mol. The molecular formula is C23H20ClN3O. The highest BCUT2D eigenvalue weighted by Gasteiger charge is 2.13. The molecule has 0 aliphatic carbocycles. The molecule has 0 saturated carbocycles. The number of carbonyl (C=O) groups excluding carboxylic acids is 1. The van der Waals surface area contributed by atoms with Crippen LogP contribution in [0.4, 0.5) is 0 Å². The minimum Gasteiger partial charge on any atom is -0.345 e. The molecule has 0 fully saturated rings. The highest BCUT2D eigenvalue weighted by molar-refractivity contribution is 6.30. The van der Waals surface area contributed by atoms with Crippen molar-refractivity contribution in [2.45, 2.75) is 20.0 Å². The summed E-state index contributed by atoms with van der Waals surface area (Å²) in [4.78, 5) is 17.3. The van der Waals surface area contributed by atoms with Crippen molar-refractivity contribution in [3.8, 4) is 0 Å². The van der Waals surface area contributed by atoms with Crippen LogP contribution in [0.2, 0.25) is 5.02 Å². The fraction of sp³-hybridized carbons (Fsp3) is 0.130. The maximum absolute atomic E-state index is 12.6. The van der Waals surface area contributed by atoms with Crippen molar-refractivity contribution in [3.05, 3.63) is 100 Å². The second kappa shape index (κ2) is 7.87. The number of nitrogens with one attached hydrogen (secondary N) is 1. The van der Waals surface area contributed by atoms with Gasteiger partial charge >= 0.3 is 0 Å². The standard InChI is InChI=1S/C23H20ClN3O/c1-16-6-2-3-7-19(16)23(28)25-14-22-26-20-8-4-5-9-21(20)27(22)15-17-10-12-18(24)13-11-17/h2-13H,14-15H2,1H3,(H,25,28). The highest BCUT2D eigenvalue weighted by atomic mass is 35.5. The molecule has 4 nitrogen and oxygen atoms in total. The first-order valence-electron chi connectivity index (χ1n) is 9.14. The quantitative estimate of drug-likeness (QED) is 0.523. The summed E-state index contributed by atoms with van der Waals surface area (Å²) in [6.45, 7) is 2.95. The number of benzene rings is 3. The zero-order chi connectivity index (χ0) is 19.5. The number of carbonyl (C=O) groups is 1. The summed E-state index contributed by atoms with van der Waals surface area (Å²) in [5, 5.41) is 3.72. The second-order valence-corrected chi connectivity index (χ2v) is 7.16. The maximum atomic E-state index is 12.6. The third-order valence-corrected chi connectivity index (χ3v) is 5.04. The first kappa shape index (κ1) is 18.3. The van der Waals surface area contributed by atoms with Crippen LogP contribution in [0, 0.1) is 6.92 Å². The SMILES string of the molecule is Cc1ccccc1C(=O)NCc1nc2ccccc2n1Cc1ccc(Cl)cc1. The maximum Gasteiger partial charge on any atom is 0.251 e. The van der Waals surface area contributed by atoms with E-state index in [1.807, 2.05) is 79.7 Å². The average Bonchev–Trinajstić information content (AvgIpc) is 3.06. The summed E-state index contributed by atoms with van der Waals surface area (Å²) in [5.74, 6) is 0.723. The Morgan fingerprint density at radius 3 is 2.50 bits per heavy atom. The number of fused-ring (bicyclic) bond motifs is 1. The van der Waals surface area contributed by atoms with Gasteiger partial charge in [-0.3, -0.25) is 4.79 Å². The Bertz CT molecular complexity index is 1130. The van der Waals surface area contributed by atoms with Gasteiger partial charge in [0.25, 0.3) is 5.91 Å². The zero-order valence-corrected chi connectivity index (χ0v) is 16.3. The fourth-order valence-electron chi connectivity index (χ4n) is 3.29. The third kappa shape index (κ3) is 3.78. The van der Waals surface area contributed by atoms with Crippen LogP contribution in [0.25, 0.3) is 11.0 Å². The summed E-state index contributed by atoms with van der Waals surface area (Å²) in [6, 6.07) is 23.4. The number of hydrogen-bond donors (Lipinski definition) is 1. The van der Waals surface area contributed by atoms with E-state index in [1.54, 1.807) is 0 Å². The predicted octanol–water partition coefficient (Wildman–Crippen LogP) is 4.98. The number of amides is 1. The van der Waals surface area contributed by atoms with Crippen LogP contribution in [-0.4, -0.2) is 15.5 Å². The Morgan fingerprint density at radius 1 is 1.00 bits per heavy atom. The largest absolute Gasteiger partial charge is 0.345 e. The van der Waals surface area contributed by atoms with Crippen LogP contribution >= 0.6 is 11.6 Å². The number of aryl methyl sites for hydroxylation is 1. The van der Waals surface area contributed by atoms with E-state index in [-0.39, 0.29) is 5.91 Å². The molecule has 0 aliphatic rings. The molecule has 4 rings (SSSR count). The molecule has 0 unspecified atom stereocenters. The van der Waals surface area contributed by atoms with Crippen LogP contribution < -0.4 is 5.32 Å². The van der Waals surface area contributed by atoms with Gasteiger partial charge in [-0.2, -0.15) is 0 Å². The number of imidazole rings is 1. The van der Waals surface area contributed by atoms with Crippen molar-refractivity contribution in [1.29, 1.82) is 0 Å². The Morgan fingerprint density at radius 2 is 1.71 bits per heavy atom.